The maximum Gasteiger partial charge on any atom is 0.270 e. The highest BCUT2D eigenvalue weighted by molar-refractivity contribution is 6.30. The zero-order chi connectivity index (χ0) is 23.0. The highest BCUT2D eigenvalue weighted by Crippen LogP contribution is 2.48. The quantitative estimate of drug-likeness (QED) is 0.404. The van der Waals surface area contributed by atoms with Crippen LogP contribution in [0.1, 0.15) is 38.2 Å². The SMILES string of the molecule is CC(C)[C@@]1(C)Oc2ccc([N+](=O)[O-])cc2[C@@H](N(Cc2ncc[nH]2)c2ccc(Cl)cc2)[C@@H]1O. The Bertz CT molecular complexity index is 1100. The largest absolute Gasteiger partial charge is 0.484 e. The molecule has 0 aliphatic carbocycles. The Morgan fingerprint density at radius 3 is 2.62 bits per heavy atom. The number of non-ortho nitro benzene ring substituents is 1. The number of aliphatic hydroxyl groups excluding tert-OH is 1. The number of anilines is 1. The van der Waals surface area contributed by atoms with Gasteiger partial charge in [-0.15, -0.1) is 0 Å². The first kappa shape index (κ1) is 22.1. The number of nitro benzene ring substituents is 1. The van der Waals surface area contributed by atoms with Gasteiger partial charge < -0.3 is 19.7 Å². The molecule has 3 atom stereocenters. The number of ether oxygens (including phenoxy) is 1. The summed E-state index contributed by atoms with van der Waals surface area (Å²) in [5.74, 6) is 1.18. The van der Waals surface area contributed by atoms with Gasteiger partial charge in [0.25, 0.3) is 5.69 Å². The number of nitrogens with zero attached hydrogens (tertiary/aromatic N) is 3. The fourth-order valence-corrected chi connectivity index (χ4v) is 4.21. The Kier molecular flexibility index (Phi) is 5.83. The van der Waals surface area contributed by atoms with E-state index in [1.807, 2.05) is 37.8 Å². The second kappa shape index (κ2) is 8.44. The molecule has 0 radical (unpaired) electrons. The van der Waals surface area contributed by atoms with Crippen molar-refractivity contribution in [3.8, 4) is 5.75 Å². The van der Waals surface area contributed by atoms with Crippen molar-refractivity contribution in [3.63, 3.8) is 0 Å². The number of halogens is 1. The van der Waals surface area contributed by atoms with Gasteiger partial charge in [-0.05, 0) is 43.2 Å². The molecule has 9 heteroatoms. The maximum atomic E-state index is 11.7. The number of imidazole rings is 1. The molecule has 0 unspecified atom stereocenters. The summed E-state index contributed by atoms with van der Waals surface area (Å²) in [6.07, 6.45) is 2.40. The molecule has 168 valence electrons. The van der Waals surface area contributed by atoms with Gasteiger partial charge in [-0.1, -0.05) is 25.4 Å². The Balaban J connectivity index is 1.91. The molecule has 32 heavy (non-hydrogen) atoms. The molecule has 1 aliphatic heterocycles. The van der Waals surface area contributed by atoms with Gasteiger partial charge in [0.05, 0.1) is 17.5 Å². The number of aromatic amines is 1. The van der Waals surface area contributed by atoms with Crippen molar-refractivity contribution in [2.75, 3.05) is 4.90 Å². The number of H-pyrrole nitrogens is 1. The van der Waals surface area contributed by atoms with E-state index in [1.165, 1.54) is 12.1 Å². The first-order chi connectivity index (χ1) is 15.2. The number of hydrogen-bond acceptors (Lipinski definition) is 6. The van der Waals surface area contributed by atoms with Crippen molar-refractivity contribution in [3.05, 3.63) is 81.4 Å². The first-order valence-electron chi connectivity index (χ1n) is 10.4. The molecule has 8 nitrogen and oxygen atoms in total. The summed E-state index contributed by atoms with van der Waals surface area (Å²) in [4.78, 5) is 20.5. The van der Waals surface area contributed by atoms with Crippen molar-refractivity contribution < 1.29 is 14.8 Å². The van der Waals surface area contributed by atoms with Crippen LogP contribution in [0.5, 0.6) is 5.75 Å². The smallest absolute Gasteiger partial charge is 0.270 e. The topological polar surface area (TPSA) is 105 Å². The van der Waals surface area contributed by atoms with E-state index in [0.717, 1.165) is 5.69 Å². The molecule has 4 rings (SSSR count). The lowest BCUT2D eigenvalue weighted by Gasteiger charge is -2.50. The fourth-order valence-electron chi connectivity index (χ4n) is 4.08. The summed E-state index contributed by atoms with van der Waals surface area (Å²) in [7, 11) is 0. The molecule has 1 aliphatic rings. The number of nitrogens with one attached hydrogen (secondary N) is 1. The molecule has 2 heterocycles. The average Bonchev–Trinajstić information content (AvgIpc) is 3.27. The number of nitro groups is 1. The van der Waals surface area contributed by atoms with Gasteiger partial charge in [-0.3, -0.25) is 10.1 Å². The molecule has 0 fully saturated rings. The van der Waals surface area contributed by atoms with Gasteiger partial charge in [0.2, 0.25) is 0 Å². The van der Waals surface area contributed by atoms with Gasteiger partial charge in [0, 0.05) is 40.8 Å². The molecule has 0 amide bonds. The van der Waals surface area contributed by atoms with Gasteiger partial charge in [-0.2, -0.15) is 0 Å². The van der Waals surface area contributed by atoms with Crippen LogP contribution in [0, 0.1) is 16.0 Å². The lowest BCUT2D eigenvalue weighted by molar-refractivity contribution is -0.385. The van der Waals surface area contributed by atoms with Crippen LogP contribution >= 0.6 is 11.6 Å². The van der Waals surface area contributed by atoms with E-state index in [-0.39, 0.29) is 11.6 Å². The molecule has 0 bridgehead atoms. The molecule has 2 N–H and O–H groups in total. The third kappa shape index (κ3) is 3.91. The summed E-state index contributed by atoms with van der Waals surface area (Å²) < 4.78 is 6.25. The van der Waals surface area contributed by atoms with Gasteiger partial charge in [-0.25, -0.2) is 4.98 Å². The number of benzene rings is 2. The van der Waals surface area contributed by atoms with E-state index in [4.69, 9.17) is 16.3 Å². The van der Waals surface area contributed by atoms with Crippen molar-refractivity contribution in [2.24, 2.45) is 5.92 Å². The number of rotatable bonds is 6. The second-order valence-corrected chi connectivity index (χ2v) is 8.89. The molecule has 3 aromatic rings. The number of aromatic nitrogens is 2. The number of aliphatic hydroxyl groups is 1. The minimum Gasteiger partial charge on any atom is -0.484 e. The van der Waals surface area contributed by atoms with Gasteiger partial charge >= 0.3 is 0 Å². The summed E-state index contributed by atoms with van der Waals surface area (Å²) >= 11 is 6.12. The fraction of sp³-hybridized carbons (Fsp3) is 0.348. The van der Waals surface area contributed by atoms with Crippen molar-refractivity contribution in [1.82, 2.24) is 9.97 Å². The van der Waals surface area contributed by atoms with E-state index in [2.05, 4.69) is 9.97 Å². The molecule has 0 spiro atoms. The zero-order valence-corrected chi connectivity index (χ0v) is 18.8. The predicted octanol–water partition coefficient (Wildman–Crippen LogP) is 4.89. The Hall–Kier alpha value is -3.10. The minimum atomic E-state index is -0.984. The molecule has 0 saturated heterocycles. The maximum absolute atomic E-state index is 11.7. The summed E-state index contributed by atoms with van der Waals surface area (Å²) in [6.45, 7) is 6.17. The summed E-state index contributed by atoms with van der Waals surface area (Å²) in [5, 5.41) is 23.7. The standard InChI is InChI=1S/C23H25ClN4O4/c1-14(2)23(3)22(29)21(18-12-17(28(30)31)8-9-19(18)32-23)27(13-20-25-10-11-26-20)16-6-4-15(24)5-7-16/h4-12,14,21-22,29H,13H2,1-3H3,(H,25,26)/t21-,22+,23-/m1/s1. The van der Waals surface area contributed by atoms with Crippen LogP contribution in [-0.4, -0.2) is 31.7 Å². The van der Waals surface area contributed by atoms with Crippen molar-refractivity contribution in [1.29, 1.82) is 0 Å². The van der Waals surface area contributed by atoms with E-state index in [9.17, 15) is 15.2 Å². The summed E-state index contributed by atoms with van der Waals surface area (Å²) in [6, 6.07) is 11.1. The second-order valence-electron chi connectivity index (χ2n) is 8.45. The summed E-state index contributed by atoms with van der Waals surface area (Å²) in [5.41, 5.74) is 0.361. The lowest BCUT2D eigenvalue weighted by Crippen LogP contribution is -2.58. The van der Waals surface area contributed by atoms with Gasteiger partial charge in [0.1, 0.15) is 23.3 Å². The van der Waals surface area contributed by atoms with Gasteiger partial charge in [0.15, 0.2) is 0 Å². The Labute approximate surface area is 191 Å². The highest BCUT2D eigenvalue weighted by atomic mass is 35.5. The van der Waals surface area contributed by atoms with Crippen molar-refractivity contribution >= 4 is 23.0 Å². The van der Waals surface area contributed by atoms with E-state index in [0.29, 0.717) is 28.7 Å². The van der Waals surface area contributed by atoms with E-state index >= 15 is 0 Å². The van der Waals surface area contributed by atoms with Crippen LogP contribution in [0.3, 0.4) is 0 Å². The monoisotopic (exact) mass is 456 g/mol. The molecular formula is C23H25ClN4O4. The van der Waals surface area contributed by atoms with Crippen LogP contribution in [0.15, 0.2) is 54.9 Å². The minimum absolute atomic E-state index is 0.0287. The molecule has 0 saturated carbocycles. The Morgan fingerprint density at radius 2 is 2.03 bits per heavy atom. The third-order valence-electron chi connectivity index (χ3n) is 6.25. The van der Waals surface area contributed by atoms with E-state index < -0.39 is 22.7 Å². The third-order valence-corrected chi connectivity index (χ3v) is 6.51. The van der Waals surface area contributed by atoms with Crippen LogP contribution in [0.4, 0.5) is 11.4 Å². The molecule has 2 aromatic carbocycles. The molecule has 1 aromatic heterocycles. The number of fused-ring (bicyclic) bond motifs is 1. The first-order valence-corrected chi connectivity index (χ1v) is 10.7. The zero-order valence-electron chi connectivity index (χ0n) is 18.0. The van der Waals surface area contributed by atoms with E-state index in [1.54, 1.807) is 30.6 Å². The average molecular weight is 457 g/mol. The lowest BCUT2D eigenvalue weighted by atomic mass is 9.77. The van der Waals surface area contributed by atoms with Crippen LogP contribution in [0.25, 0.3) is 0 Å². The number of hydrogen-bond donors (Lipinski definition) is 2. The van der Waals surface area contributed by atoms with Crippen LogP contribution < -0.4 is 9.64 Å². The predicted molar refractivity (Wildman–Crippen MR) is 122 cm³/mol. The van der Waals surface area contributed by atoms with Crippen LogP contribution in [-0.2, 0) is 6.54 Å². The normalized spacial score (nSPS) is 22.3. The highest BCUT2D eigenvalue weighted by Gasteiger charge is 2.50. The molecular weight excluding hydrogens is 432 g/mol. The Morgan fingerprint density at radius 1 is 1.31 bits per heavy atom. The van der Waals surface area contributed by atoms with Crippen LogP contribution in [0.2, 0.25) is 5.02 Å². The van der Waals surface area contributed by atoms with Crippen molar-refractivity contribution in [2.45, 2.75) is 45.1 Å².